The maximum absolute atomic E-state index is 11.1. The Balaban J connectivity index is 2.15. The number of hydrogen-bond acceptors (Lipinski definition) is 4. The van der Waals surface area contributed by atoms with Crippen molar-refractivity contribution in [3.05, 3.63) is 49.1 Å². The Labute approximate surface area is 174 Å². The van der Waals surface area contributed by atoms with Crippen molar-refractivity contribution in [2.75, 3.05) is 0 Å². The van der Waals surface area contributed by atoms with E-state index in [-0.39, 0.29) is 12.2 Å². The number of carboxylic acid groups (broad SMARTS) is 1. The maximum atomic E-state index is 11.1. The average molecular weight is 651 g/mol. The minimum atomic E-state index is -1.33. The molecule has 0 bridgehead atoms. The van der Waals surface area contributed by atoms with Gasteiger partial charge in [0.25, 0.3) is 0 Å². The largest absolute Gasteiger partial charge is 0.507 e. The molecule has 0 radical (unpaired) electrons. The average Bonchev–Trinajstić information content (AvgIpc) is 2.49. The van der Waals surface area contributed by atoms with Gasteiger partial charge in [0.1, 0.15) is 17.2 Å². The number of ether oxygens (including phenoxy) is 1. The number of benzene rings is 2. The molecule has 2 rings (SSSR count). The Bertz CT molecular complexity index is 732. The number of aliphatic carboxylic acids is 1. The van der Waals surface area contributed by atoms with E-state index in [1.165, 1.54) is 0 Å². The van der Waals surface area contributed by atoms with Crippen LogP contribution < -0.4 is 10.5 Å². The van der Waals surface area contributed by atoms with E-state index in [1.54, 1.807) is 59.0 Å². The molecule has 2 aromatic carbocycles. The number of alkyl halides is 1. The molecule has 0 aliphatic carbocycles. The summed E-state index contributed by atoms with van der Waals surface area (Å²) in [5, 5.41) is 18.7. The number of nitrogens with two attached hydrogens (primary N) is 1. The van der Waals surface area contributed by atoms with Crippen LogP contribution in [0.25, 0.3) is 0 Å². The zero-order chi connectivity index (χ0) is 17.2. The van der Waals surface area contributed by atoms with Gasteiger partial charge in [-0.15, -0.1) is 0 Å². The molecule has 0 amide bonds. The van der Waals surface area contributed by atoms with Crippen LogP contribution in [0.15, 0.2) is 36.4 Å². The molecule has 0 aliphatic rings. The van der Waals surface area contributed by atoms with Crippen LogP contribution in [0, 0.1) is 7.14 Å². The Kier molecular flexibility index (Phi) is 6.35. The lowest BCUT2D eigenvalue weighted by Gasteiger charge is -2.17. The number of rotatable bonds is 5. The maximum Gasteiger partial charge on any atom is 0.334 e. The second-order valence-corrected chi connectivity index (χ2v) is 8.88. The zero-order valence-corrected chi connectivity index (χ0v) is 18.1. The summed E-state index contributed by atoms with van der Waals surface area (Å²) in [6.07, 6.45) is 0.220. The van der Waals surface area contributed by atoms with Crippen molar-refractivity contribution in [1.82, 2.24) is 0 Å². The van der Waals surface area contributed by atoms with E-state index in [1.807, 2.05) is 0 Å². The van der Waals surface area contributed by atoms with Crippen LogP contribution in [0.5, 0.6) is 17.2 Å². The van der Waals surface area contributed by atoms with Crippen LogP contribution in [0.1, 0.15) is 5.56 Å². The van der Waals surface area contributed by atoms with Crippen molar-refractivity contribution in [2.24, 2.45) is 5.73 Å². The van der Waals surface area contributed by atoms with Crippen LogP contribution in [0.3, 0.4) is 0 Å². The molecule has 1 atom stereocenters. The Morgan fingerprint density at radius 1 is 1.13 bits per heavy atom. The number of aromatic hydroxyl groups is 1. The molecule has 0 aromatic heterocycles. The van der Waals surface area contributed by atoms with Crippen molar-refractivity contribution in [3.8, 4) is 17.2 Å². The summed E-state index contributed by atoms with van der Waals surface area (Å²) < 4.78 is 6.03. The molecule has 8 heteroatoms. The fourth-order valence-electron chi connectivity index (χ4n) is 1.78. The summed E-state index contributed by atoms with van der Waals surface area (Å²) in [5.74, 6) is 0.437. The first kappa shape index (κ1) is 19.0. The quantitative estimate of drug-likeness (QED) is 0.258. The molecular formula is C15H12I3NO4. The molecule has 0 fully saturated rings. The first-order valence-corrected chi connectivity index (χ1v) is 9.59. The highest BCUT2D eigenvalue weighted by atomic mass is 127. The summed E-state index contributed by atoms with van der Waals surface area (Å²) in [5.41, 5.74) is 6.55. The molecule has 0 saturated heterocycles. The molecule has 23 heavy (non-hydrogen) atoms. The predicted molar refractivity (Wildman–Crippen MR) is 112 cm³/mol. The number of halogens is 3. The Morgan fingerprint density at radius 2 is 1.74 bits per heavy atom. The van der Waals surface area contributed by atoms with E-state index in [0.29, 0.717) is 11.5 Å². The van der Waals surface area contributed by atoms with Gasteiger partial charge in [-0.2, -0.15) is 0 Å². The smallest absolute Gasteiger partial charge is 0.334 e. The van der Waals surface area contributed by atoms with Crippen molar-refractivity contribution >= 4 is 73.7 Å². The highest BCUT2D eigenvalue weighted by Crippen LogP contribution is 2.34. The molecule has 0 spiro atoms. The second-order valence-electron chi connectivity index (χ2n) is 4.80. The number of phenols is 1. The molecule has 2 aromatic rings. The first-order chi connectivity index (χ1) is 10.7. The number of hydrogen-bond donors (Lipinski definition) is 3. The van der Waals surface area contributed by atoms with Crippen LogP contribution in [-0.4, -0.2) is 19.7 Å². The van der Waals surface area contributed by atoms with E-state index >= 15 is 0 Å². The van der Waals surface area contributed by atoms with Gasteiger partial charge < -0.3 is 20.7 Å². The van der Waals surface area contributed by atoms with E-state index in [9.17, 15) is 9.90 Å². The van der Waals surface area contributed by atoms with E-state index in [2.05, 4.69) is 45.2 Å². The summed E-state index contributed by atoms with van der Waals surface area (Å²) in [6.45, 7) is 0. The third-order valence-electron chi connectivity index (χ3n) is 2.99. The molecule has 0 saturated carbocycles. The number of phenolic OH excluding ortho intramolecular Hbond substituents is 1. The van der Waals surface area contributed by atoms with Crippen molar-refractivity contribution in [2.45, 2.75) is 9.97 Å². The van der Waals surface area contributed by atoms with E-state index in [0.717, 1.165) is 12.7 Å². The first-order valence-electron chi connectivity index (χ1n) is 6.35. The summed E-state index contributed by atoms with van der Waals surface area (Å²) in [7, 11) is 0. The van der Waals surface area contributed by atoms with Crippen LogP contribution in [-0.2, 0) is 11.2 Å². The normalized spacial score (nSPS) is 13.4. The standard InChI is InChI=1S/C15H12I3NO4/c16-12-10(20)5-6-11(13(12)17)23-9-3-1-8(2-4-9)7-15(18,19)14(21)22/h1-6,20H,7,19H2,(H,21,22)/t15-/m0/s1. The second kappa shape index (κ2) is 7.70. The van der Waals surface area contributed by atoms with Gasteiger partial charge in [0.2, 0.25) is 0 Å². The number of carboxylic acids is 1. The number of carbonyl (C=O) groups is 1. The fraction of sp³-hybridized carbons (Fsp3) is 0.133. The predicted octanol–water partition coefficient (Wildman–Crippen LogP) is 4.11. The molecule has 5 nitrogen and oxygen atoms in total. The van der Waals surface area contributed by atoms with Gasteiger partial charge >= 0.3 is 5.97 Å². The minimum absolute atomic E-state index is 0.215. The van der Waals surface area contributed by atoms with Gasteiger partial charge in [-0.05, 0) is 97.6 Å². The lowest BCUT2D eigenvalue weighted by atomic mass is 10.1. The molecule has 122 valence electrons. The van der Waals surface area contributed by atoms with Gasteiger partial charge in [0.05, 0.1) is 7.14 Å². The third kappa shape index (κ3) is 4.82. The van der Waals surface area contributed by atoms with Crippen LogP contribution >= 0.6 is 67.8 Å². The molecular weight excluding hydrogens is 639 g/mol. The van der Waals surface area contributed by atoms with Crippen LogP contribution in [0.2, 0.25) is 0 Å². The third-order valence-corrected chi connectivity index (χ3v) is 7.03. The van der Waals surface area contributed by atoms with Gasteiger partial charge in [-0.25, -0.2) is 4.79 Å². The van der Waals surface area contributed by atoms with Crippen LogP contribution in [0.4, 0.5) is 0 Å². The zero-order valence-electron chi connectivity index (χ0n) is 11.6. The summed E-state index contributed by atoms with van der Waals surface area (Å²) in [6, 6.07) is 10.4. The van der Waals surface area contributed by atoms with E-state index in [4.69, 9.17) is 15.6 Å². The van der Waals surface area contributed by atoms with Gasteiger partial charge in [-0.1, -0.05) is 12.1 Å². The van der Waals surface area contributed by atoms with E-state index < -0.39 is 9.51 Å². The lowest BCUT2D eigenvalue weighted by molar-refractivity contribution is -0.139. The van der Waals surface area contributed by atoms with Crippen molar-refractivity contribution < 1.29 is 19.7 Å². The van der Waals surface area contributed by atoms with Gasteiger partial charge in [0.15, 0.2) is 3.55 Å². The van der Waals surface area contributed by atoms with Gasteiger partial charge in [0, 0.05) is 6.42 Å². The molecule has 0 unspecified atom stereocenters. The lowest BCUT2D eigenvalue weighted by Crippen LogP contribution is -2.43. The Morgan fingerprint density at radius 3 is 2.30 bits per heavy atom. The highest BCUT2D eigenvalue weighted by Gasteiger charge is 2.30. The van der Waals surface area contributed by atoms with Gasteiger partial charge in [-0.3, -0.25) is 0 Å². The van der Waals surface area contributed by atoms with Crippen molar-refractivity contribution in [1.29, 1.82) is 0 Å². The van der Waals surface area contributed by atoms with Crippen molar-refractivity contribution in [3.63, 3.8) is 0 Å². The summed E-state index contributed by atoms with van der Waals surface area (Å²) in [4.78, 5) is 11.1. The monoisotopic (exact) mass is 651 g/mol. The Hall–Kier alpha value is -0.340. The fourth-order valence-corrected chi connectivity index (χ4v) is 3.23. The molecule has 0 aliphatic heterocycles. The SMILES string of the molecule is N[C@@](I)(Cc1ccc(Oc2ccc(O)c(I)c2I)cc1)C(=O)O. The molecule has 4 N–H and O–H groups in total. The molecule has 0 heterocycles. The topological polar surface area (TPSA) is 92.8 Å². The summed E-state index contributed by atoms with van der Waals surface area (Å²) >= 11 is 5.90. The minimum Gasteiger partial charge on any atom is -0.507 e. The highest BCUT2D eigenvalue weighted by molar-refractivity contribution is 14.1.